The van der Waals surface area contributed by atoms with Gasteiger partial charge in [0.25, 0.3) is 0 Å². The minimum Gasteiger partial charge on any atom is -0.392 e. The lowest BCUT2D eigenvalue weighted by Gasteiger charge is -2.10. The van der Waals surface area contributed by atoms with Gasteiger partial charge in [-0.3, -0.25) is 0 Å². The van der Waals surface area contributed by atoms with Crippen LogP contribution in [-0.2, 0) is 16.6 Å². The highest BCUT2D eigenvalue weighted by atomic mass is 35.5. The summed E-state index contributed by atoms with van der Waals surface area (Å²) in [6, 6.07) is 2.65. The fourth-order valence-electron chi connectivity index (χ4n) is 1.88. The molecular formula is C12H15Cl2NO3S. The average Bonchev–Trinajstić information content (AvgIpc) is 3.03. The van der Waals surface area contributed by atoms with Crippen molar-refractivity contribution in [1.29, 1.82) is 0 Å². The van der Waals surface area contributed by atoms with Crippen molar-refractivity contribution in [2.24, 2.45) is 11.8 Å². The van der Waals surface area contributed by atoms with Gasteiger partial charge in [0, 0.05) is 11.6 Å². The summed E-state index contributed by atoms with van der Waals surface area (Å²) >= 11 is 11.8. The average molecular weight is 324 g/mol. The van der Waals surface area contributed by atoms with Crippen molar-refractivity contribution < 1.29 is 13.5 Å². The number of benzene rings is 1. The molecule has 1 aromatic carbocycles. The summed E-state index contributed by atoms with van der Waals surface area (Å²) in [6.45, 7) is 2.16. The Bertz CT molecular complexity index is 589. The van der Waals surface area contributed by atoms with E-state index >= 15 is 0 Å². The first-order valence-corrected chi connectivity index (χ1v) is 8.17. The van der Waals surface area contributed by atoms with E-state index in [0.29, 0.717) is 23.9 Å². The molecule has 0 amide bonds. The summed E-state index contributed by atoms with van der Waals surface area (Å²) in [5.74, 6) is 0.967. The number of hydrogen-bond donors (Lipinski definition) is 2. The van der Waals surface area contributed by atoms with E-state index in [2.05, 4.69) is 11.6 Å². The zero-order valence-corrected chi connectivity index (χ0v) is 12.7. The topological polar surface area (TPSA) is 66.4 Å². The highest BCUT2D eigenvalue weighted by Crippen LogP contribution is 2.37. The molecule has 1 aliphatic rings. The molecule has 0 bridgehead atoms. The third-order valence-corrected chi connectivity index (χ3v) is 5.61. The second-order valence-electron chi connectivity index (χ2n) is 4.86. The van der Waals surface area contributed by atoms with E-state index in [1.54, 1.807) is 0 Å². The highest BCUT2D eigenvalue weighted by Gasteiger charge is 2.33. The van der Waals surface area contributed by atoms with Gasteiger partial charge < -0.3 is 5.11 Å². The van der Waals surface area contributed by atoms with Crippen molar-refractivity contribution in [1.82, 2.24) is 4.72 Å². The molecule has 2 N–H and O–H groups in total. The predicted molar refractivity (Wildman–Crippen MR) is 74.8 cm³/mol. The zero-order chi connectivity index (χ0) is 14.2. The minimum atomic E-state index is -3.67. The summed E-state index contributed by atoms with van der Waals surface area (Å²) in [7, 11) is -3.67. The van der Waals surface area contributed by atoms with Gasteiger partial charge in [0.15, 0.2) is 0 Å². The van der Waals surface area contributed by atoms with Gasteiger partial charge in [-0.25, -0.2) is 13.1 Å². The van der Waals surface area contributed by atoms with Crippen molar-refractivity contribution in [3.8, 4) is 0 Å². The smallest absolute Gasteiger partial charge is 0.242 e. The second kappa shape index (κ2) is 5.58. The summed E-state index contributed by atoms with van der Waals surface area (Å²) < 4.78 is 26.8. The maximum atomic E-state index is 12.2. The van der Waals surface area contributed by atoms with E-state index in [1.807, 2.05) is 0 Å². The molecule has 0 aliphatic heterocycles. The first kappa shape index (κ1) is 15.1. The molecule has 0 aromatic heterocycles. The molecule has 0 heterocycles. The summed E-state index contributed by atoms with van der Waals surface area (Å²) in [5, 5.41) is 9.43. The lowest BCUT2D eigenvalue weighted by Crippen LogP contribution is -2.26. The number of aliphatic hydroxyl groups is 1. The molecule has 2 atom stereocenters. The molecule has 106 valence electrons. The predicted octanol–water partition coefficient (Wildman–Crippen LogP) is 2.42. The molecule has 1 saturated carbocycles. The Hall–Kier alpha value is -0.330. The zero-order valence-electron chi connectivity index (χ0n) is 10.4. The quantitative estimate of drug-likeness (QED) is 0.874. The van der Waals surface area contributed by atoms with Gasteiger partial charge >= 0.3 is 0 Å². The Kier molecular flexibility index (Phi) is 4.42. The molecule has 19 heavy (non-hydrogen) atoms. The van der Waals surface area contributed by atoms with Crippen molar-refractivity contribution >= 4 is 33.2 Å². The lowest BCUT2D eigenvalue weighted by atomic mass is 10.2. The van der Waals surface area contributed by atoms with E-state index in [1.165, 1.54) is 12.1 Å². The number of halogens is 2. The summed E-state index contributed by atoms with van der Waals surface area (Å²) in [4.78, 5) is -0.0454. The summed E-state index contributed by atoms with van der Waals surface area (Å²) in [5.41, 5.74) is 0.339. The van der Waals surface area contributed by atoms with E-state index in [0.717, 1.165) is 6.42 Å². The highest BCUT2D eigenvalue weighted by molar-refractivity contribution is 7.89. The van der Waals surface area contributed by atoms with Gasteiger partial charge in [-0.1, -0.05) is 30.1 Å². The molecule has 4 nitrogen and oxygen atoms in total. The van der Waals surface area contributed by atoms with Crippen LogP contribution in [0.25, 0.3) is 0 Å². The Morgan fingerprint density at radius 3 is 2.53 bits per heavy atom. The maximum absolute atomic E-state index is 12.2. The minimum absolute atomic E-state index is 0.0454. The third-order valence-electron chi connectivity index (χ3n) is 3.37. The van der Waals surface area contributed by atoms with Gasteiger partial charge in [-0.05, 0) is 36.0 Å². The third kappa shape index (κ3) is 3.41. The van der Waals surface area contributed by atoms with Crippen LogP contribution in [-0.4, -0.2) is 20.1 Å². The number of rotatable bonds is 5. The van der Waals surface area contributed by atoms with Crippen LogP contribution in [0.1, 0.15) is 18.9 Å². The van der Waals surface area contributed by atoms with E-state index in [4.69, 9.17) is 28.3 Å². The fourth-order valence-corrected chi connectivity index (χ4v) is 3.83. The molecule has 2 unspecified atom stereocenters. The molecule has 1 aromatic rings. The molecule has 1 fully saturated rings. The van der Waals surface area contributed by atoms with Crippen LogP contribution >= 0.6 is 23.2 Å². The number of aliphatic hydroxyl groups excluding tert-OH is 1. The van der Waals surface area contributed by atoms with Gasteiger partial charge in [-0.15, -0.1) is 0 Å². The van der Waals surface area contributed by atoms with Gasteiger partial charge in [0.1, 0.15) is 4.90 Å². The molecule has 0 radical (unpaired) electrons. The molecule has 0 spiro atoms. The Morgan fingerprint density at radius 2 is 2.00 bits per heavy atom. The number of hydrogen-bond acceptors (Lipinski definition) is 3. The Morgan fingerprint density at radius 1 is 1.37 bits per heavy atom. The van der Waals surface area contributed by atoms with E-state index in [9.17, 15) is 8.42 Å². The van der Waals surface area contributed by atoms with Crippen LogP contribution in [0, 0.1) is 11.8 Å². The number of sulfonamides is 1. The van der Waals surface area contributed by atoms with Crippen LogP contribution in [0.3, 0.4) is 0 Å². The van der Waals surface area contributed by atoms with Crippen molar-refractivity contribution in [3.05, 3.63) is 27.7 Å². The largest absolute Gasteiger partial charge is 0.392 e. The Labute approximate surface area is 122 Å². The maximum Gasteiger partial charge on any atom is 0.242 e. The van der Waals surface area contributed by atoms with Gasteiger partial charge in [0.05, 0.1) is 11.6 Å². The molecule has 7 heteroatoms. The van der Waals surface area contributed by atoms with Crippen LogP contribution < -0.4 is 4.72 Å². The fraction of sp³-hybridized carbons (Fsp3) is 0.500. The van der Waals surface area contributed by atoms with Crippen LogP contribution in [0.4, 0.5) is 0 Å². The normalized spacial score (nSPS) is 22.5. The first-order valence-electron chi connectivity index (χ1n) is 5.93. The molecule has 1 aliphatic carbocycles. The Balaban J connectivity index is 2.23. The van der Waals surface area contributed by atoms with Gasteiger partial charge in [0.2, 0.25) is 10.0 Å². The van der Waals surface area contributed by atoms with Crippen molar-refractivity contribution in [2.75, 3.05) is 6.54 Å². The van der Waals surface area contributed by atoms with Crippen molar-refractivity contribution in [3.63, 3.8) is 0 Å². The van der Waals surface area contributed by atoms with Crippen LogP contribution in [0.2, 0.25) is 10.0 Å². The van der Waals surface area contributed by atoms with E-state index in [-0.39, 0.29) is 21.5 Å². The van der Waals surface area contributed by atoms with Crippen LogP contribution in [0.15, 0.2) is 17.0 Å². The second-order valence-corrected chi connectivity index (χ2v) is 7.41. The van der Waals surface area contributed by atoms with E-state index < -0.39 is 10.0 Å². The van der Waals surface area contributed by atoms with Crippen LogP contribution in [0.5, 0.6) is 0 Å². The lowest BCUT2D eigenvalue weighted by molar-refractivity contribution is 0.281. The standard InChI is InChI=1S/C12H15Cl2NO3S/c1-7-2-8(7)5-15-19(17,18)12-3-9(6-16)10(13)4-11(12)14/h3-4,7-8,15-16H,2,5-6H2,1H3. The first-order chi connectivity index (χ1) is 8.85. The number of nitrogens with one attached hydrogen (secondary N) is 1. The SMILES string of the molecule is CC1CC1CNS(=O)(=O)c1cc(CO)c(Cl)cc1Cl. The van der Waals surface area contributed by atoms with Crippen molar-refractivity contribution in [2.45, 2.75) is 24.8 Å². The molecule has 2 rings (SSSR count). The molecular weight excluding hydrogens is 309 g/mol. The monoisotopic (exact) mass is 323 g/mol. The molecule has 0 saturated heterocycles. The van der Waals surface area contributed by atoms with Gasteiger partial charge in [-0.2, -0.15) is 0 Å². The summed E-state index contributed by atoms with van der Waals surface area (Å²) in [6.07, 6.45) is 1.04.